The van der Waals surface area contributed by atoms with E-state index in [1.165, 1.54) is 18.2 Å². The van der Waals surface area contributed by atoms with Crippen LogP contribution in [0.3, 0.4) is 0 Å². The average molecular weight is 398 g/mol. The number of hydrogen-bond donors (Lipinski definition) is 3. The predicted octanol–water partition coefficient (Wildman–Crippen LogP) is 2.62. The molecule has 2 aromatic rings. The average Bonchev–Trinajstić information content (AvgIpc) is 3.03. The van der Waals surface area contributed by atoms with E-state index in [-0.39, 0.29) is 29.0 Å². The van der Waals surface area contributed by atoms with Crippen molar-refractivity contribution in [2.24, 2.45) is 0 Å². The standard InChI is InChI=1S/C18H13F3O7/c19-18(20,21)11-6-4-9(5-7-11)12(22)8-10-2-1-3-13-14(10)28-17(27-13,15(23)24)16(25)26/h1-7,12,22H,8H2,(H,23,24)(H,25,26). The smallest absolute Gasteiger partial charge is 0.453 e. The highest BCUT2D eigenvalue weighted by Gasteiger charge is 2.58. The molecule has 2 aromatic carbocycles. The molecule has 0 fully saturated rings. The molecule has 0 aromatic heterocycles. The normalized spacial score (nSPS) is 15.9. The predicted molar refractivity (Wildman–Crippen MR) is 85.8 cm³/mol. The van der Waals surface area contributed by atoms with Gasteiger partial charge in [-0.2, -0.15) is 13.2 Å². The van der Waals surface area contributed by atoms with Gasteiger partial charge in [-0.3, -0.25) is 0 Å². The van der Waals surface area contributed by atoms with Crippen LogP contribution in [-0.2, 0) is 22.2 Å². The zero-order valence-corrected chi connectivity index (χ0v) is 13.9. The van der Waals surface area contributed by atoms with Crippen LogP contribution in [0.25, 0.3) is 0 Å². The maximum Gasteiger partial charge on any atom is 0.453 e. The van der Waals surface area contributed by atoms with Crippen LogP contribution in [0.1, 0.15) is 22.8 Å². The van der Waals surface area contributed by atoms with E-state index in [4.69, 9.17) is 9.47 Å². The molecule has 1 unspecified atom stereocenters. The summed E-state index contributed by atoms with van der Waals surface area (Å²) in [5.74, 6) is -6.99. The van der Waals surface area contributed by atoms with Crippen LogP contribution in [0.15, 0.2) is 42.5 Å². The highest BCUT2D eigenvalue weighted by molar-refractivity contribution is 6.01. The molecule has 0 bridgehead atoms. The van der Waals surface area contributed by atoms with Crippen LogP contribution in [0.2, 0.25) is 0 Å². The number of alkyl halides is 3. The molecule has 0 spiro atoms. The summed E-state index contributed by atoms with van der Waals surface area (Å²) in [4.78, 5) is 22.7. The Morgan fingerprint density at radius 2 is 1.61 bits per heavy atom. The Balaban J connectivity index is 1.85. The molecule has 0 aliphatic carbocycles. The lowest BCUT2D eigenvalue weighted by molar-refractivity contribution is -0.194. The summed E-state index contributed by atoms with van der Waals surface area (Å²) in [5.41, 5.74) is -0.449. The molecule has 7 nitrogen and oxygen atoms in total. The van der Waals surface area contributed by atoms with Gasteiger partial charge in [0.1, 0.15) is 0 Å². The van der Waals surface area contributed by atoms with E-state index in [9.17, 15) is 38.1 Å². The fourth-order valence-corrected chi connectivity index (χ4v) is 2.72. The van der Waals surface area contributed by atoms with Crippen LogP contribution in [0, 0.1) is 0 Å². The Labute approximate surface area is 155 Å². The van der Waals surface area contributed by atoms with E-state index in [0.29, 0.717) is 0 Å². The lowest BCUT2D eigenvalue weighted by atomic mass is 9.99. The number of hydrogen-bond acceptors (Lipinski definition) is 5. The lowest BCUT2D eigenvalue weighted by Crippen LogP contribution is -2.54. The lowest BCUT2D eigenvalue weighted by Gasteiger charge is -2.18. The minimum absolute atomic E-state index is 0.137. The van der Waals surface area contributed by atoms with Gasteiger partial charge < -0.3 is 24.8 Å². The van der Waals surface area contributed by atoms with Crippen molar-refractivity contribution in [2.45, 2.75) is 24.5 Å². The Bertz CT molecular complexity index is 908. The van der Waals surface area contributed by atoms with Gasteiger partial charge >= 0.3 is 23.9 Å². The largest absolute Gasteiger partial charge is 0.475 e. The van der Waals surface area contributed by atoms with Crippen LogP contribution < -0.4 is 9.47 Å². The van der Waals surface area contributed by atoms with Gasteiger partial charge in [0.15, 0.2) is 11.5 Å². The minimum Gasteiger partial charge on any atom is -0.475 e. The summed E-state index contributed by atoms with van der Waals surface area (Å²) in [6, 6.07) is 8.09. The Morgan fingerprint density at radius 3 is 2.14 bits per heavy atom. The van der Waals surface area contributed by atoms with Crippen LogP contribution >= 0.6 is 0 Å². The van der Waals surface area contributed by atoms with Crippen molar-refractivity contribution >= 4 is 11.9 Å². The zero-order valence-electron chi connectivity index (χ0n) is 13.9. The van der Waals surface area contributed by atoms with Gasteiger partial charge in [-0.25, -0.2) is 9.59 Å². The molecule has 28 heavy (non-hydrogen) atoms. The number of benzene rings is 2. The minimum atomic E-state index is -4.51. The molecule has 1 atom stereocenters. The van der Waals surface area contributed by atoms with Crippen molar-refractivity contribution in [3.8, 4) is 11.5 Å². The maximum atomic E-state index is 12.6. The first-order valence-corrected chi connectivity index (χ1v) is 7.86. The fraction of sp³-hybridized carbons (Fsp3) is 0.222. The summed E-state index contributed by atoms with van der Waals surface area (Å²) < 4.78 is 47.9. The second-order valence-electron chi connectivity index (χ2n) is 6.02. The van der Waals surface area contributed by atoms with Crippen molar-refractivity contribution in [3.05, 3.63) is 59.2 Å². The first-order chi connectivity index (χ1) is 13.0. The summed E-state index contributed by atoms with van der Waals surface area (Å²) in [6.45, 7) is 0. The molecule has 0 saturated carbocycles. The third-order valence-electron chi connectivity index (χ3n) is 4.16. The first kappa shape index (κ1) is 19.5. The third-order valence-corrected chi connectivity index (χ3v) is 4.16. The second-order valence-corrected chi connectivity index (χ2v) is 6.02. The molecular formula is C18H13F3O7. The van der Waals surface area contributed by atoms with Crippen LogP contribution in [0.4, 0.5) is 13.2 Å². The van der Waals surface area contributed by atoms with Crippen molar-refractivity contribution in [2.75, 3.05) is 0 Å². The molecule has 10 heteroatoms. The number of carboxylic acids is 2. The number of halogens is 3. The molecule has 0 radical (unpaired) electrons. The molecule has 3 rings (SSSR count). The van der Waals surface area contributed by atoms with Crippen LogP contribution in [-0.4, -0.2) is 33.0 Å². The number of rotatable bonds is 5. The molecule has 148 valence electrons. The quantitative estimate of drug-likeness (QED) is 0.664. The summed E-state index contributed by atoms with van der Waals surface area (Å²) in [7, 11) is 0. The number of carboxylic acid groups (broad SMARTS) is 2. The maximum absolute atomic E-state index is 12.6. The first-order valence-electron chi connectivity index (χ1n) is 7.86. The number of para-hydroxylation sites is 1. The van der Waals surface area contributed by atoms with E-state index in [1.807, 2.05) is 0 Å². The number of aliphatic hydroxyl groups excluding tert-OH is 1. The van der Waals surface area contributed by atoms with Crippen molar-refractivity contribution in [3.63, 3.8) is 0 Å². The van der Waals surface area contributed by atoms with E-state index in [0.717, 1.165) is 24.3 Å². The van der Waals surface area contributed by atoms with Crippen molar-refractivity contribution < 1.29 is 47.6 Å². The van der Waals surface area contributed by atoms with E-state index in [1.54, 1.807) is 0 Å². The van der Waals surface area contributed by atoms with Gasteiger partial charge in [-0.15, -0.1) is 0 Å². The van der Waals surface area contributed by atoms with E-state index < -0.39 is 35.6 Å². The molecule has 3 N–H and O–H groups in total. The molecule has 0 amide bonds. The number of aliphatic carboxylic acids is 2. The second kappa shape index (κ2) is 6.71. The van der Waals surface area contributed by atoms with Gasteiger partial charge in [0.2, 0.25) is 0 Å². The summed E-state index contributed by atoms with van der Waals surface area (Å²) in [6.07, 6.45) is -5.93. The third kappa shape index (κ3) is 3.33. The molecule has 1 aliphatic rings. The molecule has 1 heterocycles. The Morgan fingerprint density at radius 1 is 1.00 bits per heavy atom. The van der Waals surface area contributed by atoms with Crippen molar-refractivity contribution in [1.29, 1.82) is 0 Å². The van der Waals surface area contributed by atoms with E-state index in [2.05, 4.69) is 0 Å². The number of ether oxygens (including phenoxy) is 2. The summed E-state index contributed by atoms with van der Waals surface area (Å²) in [5, 5.41) is 28.7. The molecule has 0 saturated heterocycles. The van der Waals surface area contributed by atoms with Gasteiger partial charge in [0, 0.05) is 12.0 Å². The van der Waals surface area contributed by atoms with Gasteiger partial charge in [-0.1, -0.05) is 24.3 Å². The number of aliphatic hydroxyl groups is 1. The van der Waals surface area contributed by atoms with E-state index >= 15 is 0 Å². The van der Waals surface area contributed by atoms with Crippen LogP contribution in [0.5, 0.6) is 11.5 Å². The number of carbonyl (C=O) groups is 2. The zero-order chi connectivity index (χ0) is 20.7. The Hall–Kier alpha value is -3.27. The fourth-order valence-electron chi connectivity index (χ4n) is 2.72. The molecular weight excluding hydrogens is 385 g/mol. The topological polar surface area (TPSA) is 113 Å². The monoisotopic (exact) mass is 398 g/mol. The Kier molecular flexibility index (Phi) is 4.67. The molecule has 1 aliphatic heterocycles. The van der Waals surface area contributed by atoms with Gasteiger partial charge in [0.25, 0.3) is 0 Å². The van der Waals surface area contributed by atoms with Crippen molar-refractivity contribution in [1.82, 2.24) is 0 Å². The highest BCUT2D eigenvalue weighted by atomic mass is 19.4. The van der Waals surface area contributed by atoms with Gasteiger partial charge in [-0.05, 0) is 23.8 Å². The summed E-state index contributed by atoms with van der Waals surface area (Å²) >= 11 is 0. The SMILES string of the molecule is O=C(O)C1(C(=O)O)Oc2cccc(CC(O)c3ccc(C(F)(F)F)cc3)c2O1. The highest BCUT2D eigenvalue weighted by Crippen LogP contribution is 2.43. The van der Waals surface area contributed by atoms with Gasteiger partial charge in [0.05, 0.1) is 11.7 Å². The number of fused-ring (bicyclic) bond motifs is 1.